The summed E-state index contributed by atoms with van der Waals surface area (Å²) in [6.07, 6.45) is 51.2. The number of esters is 2. The van der Waals surface area contributed by atoms with E-state index in [1.807, 2.05) is 37.3 Å². The van der Waals surface area contributed by atoms with Crippen molar-refractivity contribution in [1.29, 1.82) is 0 Å². The van der Waals surface area contributed by atoms with Crippen LogP contribution in [-0.2, 0) is 37.5 Å². The lowest BCUT2D eigenvalue weighted by Gasteiger charge is -2.20. The molecule has 61 heavy (non-hydrogen) atoms. The lowest BCUT2D eigenvalue weighted by Crippen LogP contribution is -2.34. The SMILES string of the molecule is CCCCC/C=C\C/C=C\C/C=C\C/C=C\C/C=C\CCC(=O)O[C@H](COC(=O)CCC/C=C\C/C=C\C/C=C\C/C=C\CC[C@@H](O)CC)COP(=O)(O)OC[C@H](N)C(=O)O. The summed E-state index contributed by atoms with van der Waals surface area (Å²) in [4.78, 5) is 45.9. The lowest BCUT2D eigenvalue weighted by atomic mass is 10.1. The molecule has 0 amide bonds. The van der Waals surface area contributed by atoms with Gasteiger partial charge in [0.2, 0.25) is 0 Å². The maximum absolute atomic E-state index is 12.6. The first-order valence-electron chi connectivity index (χ1n) is 22.0. The molecule has 0 spiro atoms. The molecule has 0 aromatic heterocycles. The van der Waals surface area contributed by atoms with Gasteiger partial charge in [-0.15, -0.1) is 0 Å². The van der Waals surface area contributed by atoms with Crippen molar-refractivity contribution in [1.82, 2.24) is 0 Å². The quantitative estimate of drug-likeness (QED) is 0.0198. The molecule has 12 nitrogen and oxygen atoms in total. The van der Waals surface area contributed by atoms with Gasteiger partial charge in [-0.05, 0) is 96.3 Å². The number of aliphatic carboxylic acids is 1. The van der Waals surface area contributed by atoms with Crippen LogP contribution in [0, 0.1) is 0 Å². The fourth-order valence-electron chi connectivity index (χ4n) is 5.02. The Labute approximate surface area is 366 Å². The number of ether oxygens (including phenoxy) is 2. The summed E-state index contributed by atoms with van der Waals surface area (Å²) in [7, 11) is -4.76. The first-order valence-corrected chi connectivity index (χ1v) is 23.5. The fourth-order valence-corrected chi connectivity index (χ4v) is 5.80. The molecule has 0 bridgehead atoms. The largest absolute Gasteiger partial charge is 0.480 e. The molecule has 344 valence electrons. The number of hydrogen-bond donors (Lipinski definition) is 4. The van der Waals surface area contributed by atoms with E-state index in [-0.39, 0.29) is 18.9 Å². The van der Waals surface area contributed by atoms with Gasteiger partial charge in [-0.3, -0.25) is 23.4 Å². The van der Waals surface area contributed by atoms with Gasteiger partial charge >= 0.3 is 25.7 Å². The Morgan fingerprint density at radius 3 is 1.49 bits per heavy atom. The van der Waals surface area contributed by atoms with Crippen molar-refractivity contribution in [3.8, 4) is 0 Å². The number of rotatable bonds is 39. The molecule has 5 N–H and O–H groups in total. The topological polar surface area (TPSA) is 192 Å². The minimum atomic E-state index is -4.76. The molecule has 4 atom stereocenters. The summed E-state index contributed by atoms with van der Waals surface area (Å²) in [6.45, 7) is 2.33. The average molecular weight is 874 g/mol. The Kier molecular flexibility index (Phi) is 38.8. The van der Waals surface area contributed by atoms with Crippen LogP contribution >= 0.6 is 7.82 Å². The minimum absolute atomic E-state index is 0.0123. The van der Waals surface area contributed by atoms with E-state index < -0.39 is 57.7 Å². The van der Waals surface area contributed by atoms with Crippen LogP contribution in [0.1, 0.15) is 136 Å². The van der Waals surface area contributed by atoms with Gasteiger partial charge in [0.05, 0.1) is 19.3 Å². The van der Waals surface area contributed by atoms with Crippen LogP contribution < -0.4 is 5.73 Å². The molecule has 0 saturated heterocycles. The molecule has 0 aromatic carbocycles. The third-order valence-corrected chi connectivity index (χ3v) is 9.62. The zero-order chi connectivity index (χ0) is 45.1. The van der Waals surface area contributed by atoms with E-state index in [0.29, 0.717) is 25.7 Å². The third-order valence-electron chi connectivity index (χ3n) is 8.67. The number of carbonyl (C=O) groups is 3. The molecule has 1 unspecified atom stereocenters. The zero-order valence-corrected chi connectivity index (χ0v) is 37.7. The van der Waals surface area contributed by atoms with Crippen LogP contribution in [0.3, 0.4) is 0 Å². The van der Waals surface area contributed by atoms with Gasteiger partial charge in [0.1, 0.15) is 12.6 Å². The van der Waals surface area contributed by atoms with Crippen LogP contribution in [0.4, 0.5) is 0 Å². The predicted octanol–water partition coefficient (Wildman–Crippen LogP) is 10.8. The van der Waals surface area contributed by atoms with Crippen LogP contribution in [-0.4, -0.2) is 71.1 Å². The molecule has 0 aliphatic rings. The van der Waals surface area contributed by atoms with E-state index in [9.17, 15) is 28.9 Å². The average Bonchev–Trinajstić information content (AvgIpc) is 3.24. The highest BCUT2D eigenvalue weighted by Gasteiger charge is 2.28. The van der Waals surface area contributed by atoms with Gasteiger partial charge in [0, 0.05) is 12.8 Å². The Morgan fingerprint density at radius 1 is 0.574 bits per heavy atom. The van der Waals surface area contributed by atoms with Gasteiger partial charge in [-0.1, -0.05) is 136 Å². The number of nitrogens with two attached hydrogens (primary N) is 1. The molecule has 0 fully saturated rings. The van der Waals surface area contributed by atoms with Gasteiger partial charge < -0.3 is 30.3 Å². The number of carbonyl (C=O) groups excluding carboxylic acids is 2. The van der Waals surface area contributed by atoms with Crippen molar-refractivity contribution in [2.24, 2.45) is 5.73 Å². The van der Waals surface area contributed by atoms with Crippen LogP contribution in [0.2, 0.25) is 0 Å². The maximum atomic E-state index is 12.6. The number of hydrogen-bond acceptors (Lipinski definition) is 10. The Hall–Kier alpha value is -3.90. The van der Waals surface area contributed by atoms with E-state index in [4.69, 9.17) is 24.8 Å². The summed E-state index contributed by atoms with van der Waals surface area (Å²) in [5.74, 6) is -2.60. The normalized spacial score (nSPS) is 15.2. The first kappa shape index (κ1) is 57.1. The second-order valence-corrected chi connectivity index (χ2v) is 15.7. The molecule has 0 aromatic rings. The predicted molar refractivity (Wildman–Crippen MR) is 246 cm³/mol. The number of unbranched alkanes of at least 4 members (excludes halogenated alkanes) is 4. The second kappa shape index (κ2) is 41.5. The minimum Gasteiger partial charge on any atom is -0.480 e. The summed E-state index contributed by atoms with van der Waals surface area (Å²) in [5.41, 5.74) is 5.32. The summed E-state index contributed by atoms with van der Waals surface area (Å²) < 4.78 is 32.5. The number of aliphatic hydroxyl groups is 1. The summed E-state index contributed by atoms with van der Waals surface area (Å²) >= 11 is 0. The maximum Gasteiger partial charge on any atom is 0.472 e. The molecule has 0 aliphatic heterocycles. The van der Waals surface area contributed by atoms with Crippen molar-refractivity contribution in [3.63, 3.8) is 0 Å². The number of carboxylic acids is 1. The number of phosphoric acid groups is 1. The van der Waals surface area contributed by atoms with Crippen molar-refractivity contribution in [2.75, 3.05) is 19.8 Å². The first-order chi connectivity index (χ1) is 29.5. The Bertz CT molecular complexity index is 1460. The van der Waals surface area contributed by atoms with Crippen LogP contribution in [0.25, 0.3) is 0 Å². The van der Waals surface area contributed by atoms with E-state index in [1.54, 1.807) is 0 Å². The molecule has 13 heteroatoms. The highest BCUT2D eigenvalue weighted by atomic mass is 31.2. The Balaban J connectivity index is 4.61. The second-order valence-electron chi connectivity index (χ2n) is 14.3. The molecule has 0 rings (SSSR count). The van der Waals surface area contributed by atoms with Gasteiger partial charge in [0.15, 0.2) is 6.10 Å². The van der Waals surface area contributed by atoms with Gasteiger partial charge in [-0.25, -0.2) is 4.57 Å². The highest BCUT2D eigenvalue weighted by Crippen LogP contribution is 2.43. The summed E-state index contributed by atoms with van der Waals surface area (Å²) in [6, 6.07) is -1.55. The van der Waals surface area contributed by atoms with E-state index in [2.05, 4.69) is 90.4 Å². The van der Waals surface area contributed by atoms with Crippen LogP contribution in [0.5, 0.6) is 0 Å². The molecule has 0 heterocycles. The van der Waals surface area contributed by atoms with Crippen molar-refractivity contribution < 1.29 is 52.6 Å². The van der Waals surface area contributed by atoms with Gasteiger partial charge in [-0.2, -0.15) is 0 Å². The smallest absolute Gasteiger partial charge is 0.472 e. The van der Waals surface area contributed by atoms with E-state index >= 15 is 0 Å². The molecule has 0 aliphatic carbocycles. The standard InChI is InChI=1S/C48H76NO11P/c1-3-5-6-7-8-9-10-11-12-13-14-15-16-21-24-27-30-33-36-39-47(52)60-44(41-58-61(55,56)59-42-45(49)48(53)54)40-57-46(51)38-35-32-29-26-23-20-18-17-19-22-25-28-31-34-37-43(50)4-2/h8-9,11-12,14-15,18-22,24,26,28-31,33,43-45,50H,3-7,10,13,16-17,23,25,27,32,34-42,49H2,1-2H3,(H,53,54)(H,55,56)/b9-8-,12-11-,15-14-,20-18-,22-19-,24-21-,29-26-,31-28-,33-30-/t43-,44+,45-/m0/s1. The van der Waals surface area contributed by atoms with Crippen molar-refractivity contribution >= 4 is 25.7 Å². The number of carboxylic acid groups (broad SMARTS) is 1. The summed E-state index contributed by atoms with van der Waals surface area (Å²) in [5, 5.41) is 18.4. The van der Waals surface area contributed by atoms with Crippen molar-refractivity contribution in [2.45, 2.75) is 154 Å². The zero-order valence-electron chi connectivity index (χ0n) is 36.8. The highest BCUT2D eigenvalue weighted by molar-refractivity contribution is 7.47. The molecular formula is C48H76NO11P. The number of aliphatic hydroxyl groups excluding tert-OH is 1. The number of allylic oxidation sites excluding steroid dienone is 18. The molecule has 0 radical (unpaired) electrons. The Morgan fingerprint density at radius 2 is 1.02 bits per heavy atom. The monoisotopic (exact) mass is 874 g/mol. The molecular weight excluding hydrogens is 797 g/mol. The number of phosphoric ester groups is 1. The van der Waals surface area contributed by atoms with Crippen molar-refractivity contribution in [3.05, 3.63) is 109 Å². The molecule has 0 saturated carbocycles. The van der Waals surface area contributed by atoms with E-state index in [1.165, 1.54) is 19.3 Å². The third kappa shape index (κ3) is 41.2. The fraction of sp³-hybridized carbons (Fsp3) is 0.562. The van der Waals surface area contributed by atoms with Crippen LogP contribution in [0.15, 0.2) is 109 Å². The lowest BCUT2D eigenvalue weighted by molar-refractivity contribution is -0.161. The van der Waals surface area contributed by atoms with E-state index in [0.717, 1.165) is 64.2 Å². The van der Waals surface area contributed by atoms with Gasteiger partial charge in [0.25, 0.3) is 0 Å².